The lowest BCUT2D eigenvalue weighted by Crippen LogP contribution is -2.22. The van der Waals surface area contributed by atoms with E-state index in [1.165, 1.54) is 0 Å². The lowest BCUT2D eigenvalue weighted by molar-refractivity contribution is 0.376. The molecule has 0 heterocycles. The topological polar surface area (TPSA) is 105 Å². The third-order valence-electron chi connectivity index (χ3n) is 2.66. The van der Waals surface area contributed by atoms with Crippen molar-refractivity contribution in [2.75, 3.05) is 17.1 Å². The van der Waals surface area contributed by atoms with Crippen molar-refractivity contribution < 1.29 is 13.2 Å². The lowest BCUT2D eigenvalue weighted by Gasteiger charge is -2.19. The molecule has 0 aliphatic heterocycles. The van der Waals surface area contributed by atoms with Crippen molar-refractivity contribution in [3.63, 3.8) is 0 Å². The number of hydrogen-bond donors (Lipinski definition) is 3. The monoisotopic (exact) mass is 313 g/mol. The van der Waals surface area contributed by atoms with Crippen molar-refractivity contribution in [3.05, 3.63) is 24.3 Å². The van der Waals surface area contributed by atoms with Crippen LogP contribution in [0.4, 0.5) is 5.69 Å². The van der Waals surface area contributed by atoms with E-state index in [2.05, 4.69) is 4.72 Å². The van der Waals surface area contributed by atoms with Gasteiger partial charge in [-0.3, -0.25) is 10.1 Å². The molecular weight excluding hydrogens is 290 g/mol. The maximum atomic E-state index is 12.1. The van der Waals surface area contributed by atoms with Gasteiger partial charge in [0, 0.05) is 0 Å². The van der Waals surface area contributed by atoms with Crippen molar-refractivity contribution in [2.45, 2.75) is 27.2 Å². The molecule has 21 heavy (non-hydrogen) atoms. The summed E-state index contributed by atoms with van der Waals surface area (Å²) in [4.78, 5) is 0. The molecule has 0 bridgehead atoms. The Kier molecular flexibility index (Phi) is 5.60. The molecule has 7 heteroatoms. The predicted octanol–water partition coefficient (Wildman–Crippen LogP) is 2.18. The molecule has 0 saturated heterocycles. The molecule has 0 radical (unpaired) electrons. The van der Waals surface area contributed by atoms with Crippen LogP contribution in [0.2, 0.25) is 0 Å². The number of para-hydroxylation sites is 2. The molecule has 1 aromatic carbocycles. The second-order valence-corrected chi connectivity index (χ2v) is 7.88. The summed E-state index contributed by atoms with van der Waals surface area (Å²) in [5.74, 6) is 0.268. The van der Waals surface area contributed by atoms with Crippen LogP contribution < -0.4 is 15.2 Å². The molecular formula is C14H23N3O3S. The molecule has 0 aromatic heterocycles. The molecule has 0 aliphatic rings. The van der Waals surface area contributed by atoms with Gasteiger partial charge in [-0.15, -0.1) is 0 Å². The van der Waals surface area contributed by atoms with Crippen molar-refractivity contribution in [2.24, 2.45) is 11.1 Å². The highest BCUT2D eigenvalue weighted by Crippen LogP contribution is 2.26. The van der Waals surface area contributed by atoms with Crippen LogP contribution in [0, 0.1) is 10.8 Å². The number of nitrogens with two attached hydrogens (primary N) is 1. The molecule has 6 nitrogen and oxygen atoms in total. The van der Waals surface area contributed by atoms with Crippen molar-refractivity contribution in [1.29, 1.82) is 5.41 Å². The van der Waals surface area contributed by atoms with Crippen LogP contribution in [0.25, 0.3) is 0 Å². The Hall–Kier alpha value is -1.76. The van der Waals surface area contributed by atoms with Crippen LogP contribution in [0.3, 0.4) is 0 Å². The Morgan fingerprint density at radius 1 is 1.33 bits per heavy atom. The molecule has 0 spiro atoms. The molecule has 0 amide bonds. The smallest absolute Gasteiger partial charge is 0.232 e. The zero-order valence-electron chi connectivity index (χ0n) is 12.6. The van der Waals surface area contributed by atoms with E-state index in [9.17, 15) is 8.42 Å². The Balaban J connectivity index is 2.79. The Labute approximate surface area is 126 Å². The molecule has 4 N–H and O–H groups in total. The van der Waals surface area contributed by atoms with Crippen LogP contribution in [0.15, 0.2) is 24.3 Å². The van der Waals surface area contributed by atoms with Gasteiger partial charge in [0.1, 0.15) is 18.2 Å². The fraction of sp³-hybridized carbons (Fsp3) is 0.500. The number of hydrogen-bond acceptors (Lipinski definition) is 4. The highest BCUT2D eigenvalue weighted by atomic mass is 32.2. The first-order valence-corrected chi connectivity index (χ1v) is 8.29. The Morgan fingerprint density at radius 3 is 2.52 bits per heavy atom. The van der Waals surface area contributed by atoms with Gasteiger partial charge in [0.05, 0.1) is 11.4 Å². The van der Waals surface area contributed by atoms with E-state index < -0.39 is 10.0 Å². The number of amidine groups is 1. The van der Waals surface area contributed by atoms with Gasteiger partial charge in [0.25, 0.3) is 0 Å². The molecule has 118 valence electrons. The second-order valence-electron chi connectivity index (χ2n) is 6.04. The molecule has 0 unspecified atom stereocenters. The number of anilines is 1. The standard InChI is InChI=1S/C14H23N3O3S/c1-14(2,3)8-9-21(18,19)17-11-6-4-5-7-12(11)20-10-13(15)16/h4-7,17H,8-10H2,1-3H3,(H3,15,16). The summed E-state index contributed by atoms with van der Waals surface area (Å²) in [5.41, 5.74) is 5.53. The van der Waals surface area contributed by atoms with Gasteiger partial charge in [0.15, 0.2) is 0 Å². The molecule has 0 atom stereocenters. The molecule has 0 fully saturated rings. The van der Waals surface area contributed by atoms with Gasteiger partial charge in [0.2, 0.25) is 10.0 Å². The first-order chi connectivity index (χ1) is 9.59. The van der Waals surface area contributed by atoms with Crippen LogP contribution in [-0.2, 0) is 10.0 Å². The van der Waals surface area contributed by atoms with Crippen molar-refractivity contribution >= 4 is 21.5 Å². The highest BCUT2D eigenvalue weighted by Gasteiger charge is 2.18. The van der Waals surface area contributed by atoms with E-state index in [-0.39, 0.29) is 23.6 Å². The van der Waals surface area contributed by atoms with Crippen LogP contribution in [0.1, 0.15) is 27.2 Å². The summed E-state index contributed by atoms with van der Waals surface area (Å²) in [5, 5.41) is 7.14. The zero-order valence-corrected chi connectivity index (χ0v) is 13.5. The second kappa shape index (κ2) is 6.80. The Morgan fingerprint density at radius 2 is 1.95 bits per heavy atom. The van der Waals surface area contributed by atoms with Gasteiger partial charge in [-0.25, -0.2) is 8.42 Å². The van der Waals surface area contributed by atoms with E-state index in [4.69, 9.17) is 15.9 Å². The third-order valence-corrected chi connectivity index (χ3v) is 3.93. The quantitative estimate of drug-likeness (QED) is 0.530. The minimum Gasteiger partial charge on any atom is -0.484 e. The van der Waals surface area contributed by atoms with E-state index >= 15 is 0 Å². The summed E-state index contributed by atoms with van der Waals surface area (Å²) in [6.07, 6.45) is 0.554. The van der Waals surface area contributed by atoms with E-state index in [0.717, 1.165) is 0 Å². The molecule has 0 aliphatic carbocycles. The van der Waals surface area contributed by atoms with Gasteiger partial charge in [-0.05, 0) is 24.0 Å². The number of benzene rings is 1. The van der Waals surface area contributed by atoms with Crippen molar-refractivity contribution in [1.82, 2.24) is 0 Å². The average Bonchev–Trinajstić information content (AvgIpc) is 2.34. The first kappa shape index (κ1) is 17.3. The number of ether oxygens (including phenoxy) is 1. The first-order valence-electron chi connectivity index (χ1n) is 6.64. The summed E-state index contributed by atoms with van der Waals surface area (Å²) in [7, 11) is -3.44. The fourth-order valence-corrected chi connectivity index (χ4v) is 2.98. The number of rotatable bonds is 7. The predicted molar refractivity (Wildman–Crippen MR) is 85.3 cm³/mol. The van der Waals surface area contributed by atoms with E-state index in [0.29, 0.717) is 17.9 Å². The third kappa shape index (κ3) is 6.99. The fourth-order valence-electron chi connectivity index (χ4n) is 1.49. The molecule has 1 rings (SSSR count). The van der Waals surface area contributed by atoms with Gasteiger partial charge in [-0.2, -0.15) is 0 Å². The van der Waals surface area contributed by atoms with E-state index in [1.54, 1.807) is 24.3 Å². The number of nitrogens with one attached hydrogen (secondary N) is 2. The molecule has 0 saturated carbocycles. The van der Waals surface area contributed by atoms with E-state index in [1.807, 2.05) is 20.8 Å². The summed E-state index contributed by atoms with van der Waals surface area (Å²) >= 11 is 0. The average molecular weight is 313 g/mol. The summed E-state index contributed by atoms with van der Waals surface area (Å²) in [6.45, 7) is 5.89. The van der Waals surface area contributed by atoms with Crippen LogP contribution >= 0.6 is 0 Å². The minimum absolute atomic E-state index is 0.0392. The maximum Gasteiger partial charge on any atom is 0.232 e. The lowest BCUT2D eigenvalue weighted by atomic mass is 9.94. The van der Waals surface area contributed by atoms with Crippen LogP contribution in [-0.4, -0.2) is 26.6 Å². The van der Waals surface area contributed by atoms with Crippen LogP contribution in [0.5, 0.6) is 5.75 Å². The molecule has 1 aromatic rings. The van der Waals surface area contributed by atoms with Crippen molar-refractivity contribution in [3.8, 4) is 5.75 Å². The SMILES string of the molecule is CC(C)(C)CCS(=O)(=O)Nc1ccccc1OCC(=N)N. The maximum absolute atomic E-state index is 12.1. The summed E-state index contributed by atoms with van der Waals surface area (Å²) < 4.78 is 32.0. The highest BCUT2D eigenvalue weighted by molar-refractivity contribution is 7.92. The van der Waals surface area contributed by atoms with Gasteiger partial charge in [-0.1, -0.05) is 32.9 Å². The van der Waals surface area contributed by atoms with Gasteiger partial charge >= 0.3 is 0 Å². The largest absolute Gasteiger partial charge is 0.484 e. The summed E-state index contributed by atoms with van der Waals surface area (Å²) in [6, 6.07) is 6.68. The number of sulfonamides is 1. The Bertz CT molecular complexity index is 592. The minimum atomic E-state index is -3.44. The normalized spacial score (nSPS) is 12.0. The zero-order chi connectivity index (χ0) is 16.1. The van der Waals surface area contributed by atoms with Gasteiger partial charge < -0.3 is 10.5 Å².